The lowest BCUT2D eigenvalue weighted by Crippen LogP contribution is -2.36. The van der Waals surface area contributed by atoms with Crippen molar-refractivity contribution in [2.75, 3.05) is 7.11 Å². The van der Waals surface area contributed by atoms with Crippen LogP contribution in [0, 0.1) is 5.92 Å². The van der Waals surface area contributed by atoms with Gasteiger partial charge in [0.1, 0.15) is 0 Å². The Bertz CT molecular complexity index is 415. The van der Waals surface area contributed by atoms with Crippen LogP contribution in [0.4, 0.5) is 0 Å². The zero-order valence-electron chi connectivity index (χ0n) is 10.8. The van der Waals surface area contributed by atoms with E-state index in [1.165, 1.54) is 7.11 Å². The van der Waals surface area contributed by atoms with Crippen molar-refractivity contribution in [1.29, 1.82) is 0 Å². The summed E-state index contributed by atoms with van der Waals surface area (Å²) in [5.74, 6) is -3.40. The molecule has 5 heteroatoms. The van der Waals surface area contributed by atoms with Crippen molar-refractivity contribution < 1.29 is 24.5 Å². The standard InChI is InChI=1S/C14H18O5/c1-19-12(14(17)18)11(13(15)16)9-5-8-10-6-3-2-4-7-10/h2-4,6-7,11-12H,5,8-9H2,1H3,(H,15,16)(H,17,18)/t11?,12-/m0/s1. The lowest BCUT2D eigenvalue weighted by Gasteiger charge is -2.18. The van der Waals surface area contributed by atoms with E-state index in [0.717, 1.165) is 12.0 Å². The maximum Gasteiger partial charge on any atom is 0.333 e. The third-order valence-electron chi connectivity index (χ3n) is 3.00. The third-order valence-corrected chi connectivity index (χ3v) is 3.00. The van der Waals surface area contributed by atoms with E-state index in [1.807, 2.05) is 30.3 Å². The Morgan fingerprint density at radius 3 is 2.26 bits per heavy atom. The van der Waals surface area contributed by atoms with Gasteiger partial charge >= 0.3 is 11.9 Å². The number of aryl methyl sites for hydroxylation is 1. The van der Waals surface area contributed by atoms with Crippen LogP contribution in [0.2, 0.25) is 0 Å². The molecule has 0 radical (unpaired) electrons. The summed E-state index contributed by atoms with van der Waals surface area (Å²) in [6, 6.07) is 9.66. The molecule has 0 spiro atoms. The molecule has 1 aromatic carbocycles. The maximum absolute atomic E-state index is 11.1. The number of hydrogen-bond acceptors (Lipinski definition) is 3. The average Bonchev–Trinajstić information content (AvgIpc) is 2.38. The minimum Gasteiger partial charge on any atom is -0.481 e. The molecule has 0 fully saturated rings. The number of carboxylic acids is 2. The number of rotatable bonds is 8. The summed E-state index contributed by atoms with van der Waals surface area (Å²) < 4.78 is 4.76. The van der Waals surface area contributed by atoms with Crippen molar-refractivity contribution in [2.24, 2.45) is 5.92 Å². The predicted molar refractivity (Wildman–Crippen MR) is 68.9 cm³/mol. The Morgan fingerprint density at radius 1 is 1.16 bits per heavy atom. The fraction of sp³-hybridized carbons (Fsp3) is 0.429. The highest BCUT2D eigenvalue weighted by Crippen LogP contribution is 2.17. The van der Waals surface area contributed by atoms with Gasteiger partial charge in [0, 0.05) is 7.11 Å². The molecular formula is C14H18O5. The number of carboxylic acid groups (broad SMARTS) is 2. The Morgan fingerprint density at radius 2 is 1.79 bits per heavy atom. The monoisotopic (exact) mass is 266 g/mol. The first-order valence-corrected chi connectivity index (χ1v) is 6.08. The van der Waals surface area contributed by atoms with Gasteiger partial charge in [-0.05, 0) is 24.8 Å². The number of ether oxygens (including phenoxy) is 1. The summed E-state index contributed by atoms with van der Waals surface area (Å²) in [6.07, 6.45) is 0.303. The van der Waals surface area contributed by atoms with Crippen LogP contribution in [0.15, 0.2) is 30.3 Å². The topological polar surface area (TPSA) is 83.8 Å². The molecule has 0 saturated carbocycles. The molecule has 0 aliphatic heterocycles. The van der Waals surface area contributed by atoms with E-state index in [-0.39, 0.29) is 6.42 Å². The van der Waals surface area contributed by atoms with Gasteiger partial charge in [0.2, 0.25) is 0 Å². The Kier molecular flexibility index (Phi) is 6.02. The molecule has 0 aromatic heterocycles. The second-order valence-electron chi connectivity index (χ2n) is 4.32. The molecule has 2 atom stereocenters. The lowest BCUT2D eigenvalue weighted by molar-refractivity contribution is -0.162. The summed E-state index contributed by atoms with van der Waals surface area (Å²) >= 11 is 0. The second-order valence-corrected chi connectivity index (χ2v) is 4.32. The molecule has 1 unspecified atom stereocenters. The Hall–Kier alpha value is -1.88. The zero-order chi connectivity index (χ0) is 14.3. The Labute approximate surface area is 111 Å². The summed E-state index contributed by atoms with van der Waals surface area (Å²) in [4.78, 5) is 22.0. The molecule has 0 saturated heterocycles. The Balaban J connectivity index is 2.55. The highest BCUT2D eigenvalue weighted by atomic mass is 16.5. The van der Waals surface area contributed by atoms with Crippen molar-refractivity contribution in [3.8, 4) is 0 Å². The van der Waals surface area contributed by atoms with Gasteiger partial charge in [-0.2, -0.15) is 0 Å². The molecule has 0 aliphatic carbocycles. The molecule has 5 nitrogen and oxygen atoms in total. The maximum atomic E-state index is 11.1. The van der Waals surface area contributed by atoms with Crippen LogP contribution < -0.4 is 0 Å². The fourth-order valence-electron chi connectivity index (χ4n) is 2.01. The zero-order valence-corrected chi connectivity index (χ0v) is 10.8. The van der Waals surface area contributed by atoms with E-state index in [4.69, 9.17) is 14.9 Å². The van der Waals surface area contributed by atoms with E-state index in [2.05, 4.69) is 0 Å². The molecule has 1 rings (SSSR count). The van der Waals surface area contributed by atoms with E-state index in [0.29, 0.717) is 6.42 Å². The van der Waals surface area contributed by atoms with Gasteiger partial charge in [-0.15, -0.1) is 0 Å². The first-order valence-electron chi connectivity index (χ1n) is 6.08. The van der Waals surface area contributed by atoms with E-state index in [1.54, 1.807) is 0 Å². The molecule has 0 bridgehead atoms. The van der Waals surface area contributed by atoms with Crippen LogP contribution in [-0.2, 0) is 20.7 Å². The summed E-state index contributed by atoms with van der Waals surface area (Å²) in [5.41, 5.74) is 1.11. The number of hydrogen-bond donors (Lipinski definition) is 2. The molecule has 1 aromatic rings. The van der Waals surface area contributed by atoms with Crippen LogP contribution in [-0.4, -0.2) is 35.4 Å². The molecule has 2 N–H and O–H groups in total. The van der Waals surface area contributed by atoms with Crippen LogP contribution in [0.25, 0.3) is 0 Å². The van der Waals surface area contributed by atoms with Crippen LogP contribution >= 0.6 is 0 Å². The second kappa shape index (κ2) is 7.53. The quantitative estimate of drug-likeness (QED) is 0.749. The summed E-state index contributed by atoms with van der Waals surface area (Å²) in [5, 5.41) is 18.0. The van der Waals surface area contributed by atoms with Crippen molar-refractivity contribution in [1.82, 2.24) is 0 Å². The van der Waals surface area contributed by atoms with Gasteiger partial charge in [0.15, 0.2) is 6.10 Å². The lowest BCUT2D eigenvalue weighted by atomic mass is 9.94. The van der Waals surface area contributed by atoms with Crippen LogP contribution in [0.3, 0.4) is 0 Å². The van der Waals surface area contributed by atoms with Gasteiger partial charge in [-0.3, -0.25) is 4.79 Å². The van der Waals surface area contributed by atoms with Crippen LogP contribution in [0.5, 0.6) is 0 Å². The number of methoxy groups -OCH3 is 1. The average molecular weight is 266 g/mol. The largest absolute Gasteiger partial charge is 0.481 e. The number of benzene rings is 1. The van der Waals surface area contributed by atoms with Gasteiger partial charge in [0.05, 0.1) is 5.92 Å². The van der Waals surface area contributed by atoms with Crippen molar-refractivity contribution in [3.63, 3.8) is 0 Å². The van der Waals surface area contributed by atoms with E-state index < -0.39 is 24.0 Å². The first kappa shape index (κ1) is 15.2. The SMILES string of the molecule is CO[C@H](C(=O)O)C(CCCc1ccccc1)C(=O)O. The highest BCUT2D eigenvalue weighted by Gasteiger charge is 2.33. The fourth-order valence-corrected chi connectivity index (χ4v) is 2.01. The molecule has 0 heterocycles. The number of aliphatic carboxylic acids is 2. The van der Waals surface area contributed by atoms with Crippen molar-refractivity contribution >= 4 is 11.9 Å². The molecule has 104 valence electrons. The minimum atomic E-state index is -1.30. The summed E-state index contributed by atoms with van der Waals surface area (Å²) in [7, 11) is 1.21. The molecule has 19 heavy (non-hydrogen) atoms. The van der Waals surface area contributed by atoms with Crippen molar-refractivity contribution in [2.45, 2.75) is 25.4 Å². The normalized spacial score (nSPS) is 13.7. The number of carbonyl (C=O) groups is 2. The van der Waals surface area contributed by atoms with E-state index in [9.17, 15) is 9.59 Å². The predicted octanol–water partition coefficient (Wildman–Crippen LogP) is 1.81. The highest BCUT2D eigenvalue weighted by molar-refractivity contribution is 5.81. The molecule has 0 amide bonds. The van der Waals surface area contributed by atoms with Crippen molar-refractivity contribution in [3.05, 3.63) is 35.9 Å². The third kappa shape index (κ3) is 4.71. The minimum absolute atomic E-state index is 0.273. The smallest absolute Gasteiger partial charge is 0.333 e. The van der Waals surface area contributed by atoms with E-state index >= 15 is 0 Å². The summed E-state index contributed by atoms with van der Waals surface area (Å²) in [6.45, 7) is 0. The van der Waals surface area contributed by atoms with Gasteiger partial charge < -0.3 is 14.9 Å². The molecular weight excluding hydrogens is 248 g/mol. The molecule has 0 aliphatic rings. The van der Waals surface area contributed by atoms with Crippen LogP contribution in [0.1, 0.15) is 18.4 Å². The first-order chi connectivity index (χ1) is 9.06. The van der Waals surface area contributed by atoms with Gasteiger partial charge in [-0.25, -0.2) is 4.79 Å². The van der Waals surface area contributed by atoms with Gasteiger partial charge in [0.25, 0.3) is 0 Å². The van der Waals surface area contributed by atoms with Gasteiger partial charge in [-0.1, -0.05) is 30.3 Å².